The summed E-state index contributed by atoms with van der Waals surface area (Å²) in [5.41, 5.74) is 0.923. The van der Waals surface area contributed by atoms with Gasteiger partial charge in [-0.25, -0.2) is 13.8 Å². The standard InChI is InChI=1S/C14H6F2N4O/c15-10-3-9(4-11(16)5-10)13-19-14(21-20-13)12-2-1-8(6-17)7-18-12/h1-5,7H. The second-order valence-electron chi connectivity index (χ2n) is 4.13. The Morgan fingerprint density at radius 2 is 1.86 bits per heavy atom. The Kier molecular flexibility index (Phi) is 3.12. The molecule has 3 aromatic rings. The lowest BCUT2D eigenvalue weighted by Gasteiger charge is -1.95. The topological polar surface area (TPSA) is 75.6 Å². The molecule has 7 heteroatoms. The Bertz CT molecular complexity index is 817. The molecule has 0 unspecified atom stereocenters. The van der Waals surface area contributed by atoms with Crippen LogP contribution in [-0.2, 0) is 0 Å². The van der Waals surface area contributed by atoms with E-state index in [1.807, 2.05) is 6.07 Å². The van der Waals surface area contributed by atoms with Crippen LogP contribution in [0.25, 0.3) is 23.0 Å². The fourth-order valence-corrected chi connectivity index (χ4v) is 1.71. The highest BCUT2D eigenvalue weighted by Crippen LogP contribution is 2.22. The van der Waals surface area contributed by atoms with Crippen molar-refractivity contribution in [1.82, 2.24) is 15.1 Å². The third kappa shape index (κ3) is 2.60. The highest BCUT2D eigenvalue weighted by atomic mass is 19.1. The predicted molar refractivity (Wildman–Crippen MR) is 67.6 cm³/mol. The Labute approximate surface area is 117 Å². The fraction of sp³-hybridized carbons (Fsp3) is 0. The van der Waals surface area contributed by atoms with E-state index < -0.39 is 11.6 Å². The molecule has 0 aliphatic carbocycles. The van der Waals surface area contributed by atoms with Gasteiger partial charge in [-0.2, -0.15) is 10.2 Å². The number of aromatic nitrogens is 3. The van der Waals surface area contributed by atoms with Gasteiger partial charge in [-0.05, 0) is 24.3 Å². The third-order valence-electron chi connectivity index (χ3n) is 2.66. The first-order chi connectivity index (χ1) is 10.2. The van der Waals surface area contributed by atoms with Crippen LogP contribution < -0.4 is 0 Å². The van der Waals surface area contributed by atoms with Gasteiger partial charge >= 0.3 is 0 Å². The molecule has 0 aliphatic rings. The largest absolute Gasteiger partial charge is 0.332 e. The van der Waals surface area contributed by atoms with Crippen molar-refractivity contribution in [2.45, 2.75) is 0 Å². The first kappa shape index (κ1) is 12.9. The maximum absolute atomic E-state index is 13.2. The molecule has 0 atom stereocenters. The van der Waals surface area contributed by atoms with Gasteiger partial charge in [0, 0.05) is 17.8 Å². The molecule has 0 spiro atoms. The Morgan fingerprint density at radius 1 is 1.10 bits per heavy atom. The van der Waals surface area contributed by atoms with E-state index in [2.05, 4.69) is 15.1 Å². The number of rotatable bonds is 2. The van der Waals surface area contributed by atoms with Crippen molar-refractivity contribution in [2.24, 2.45) is 0 Å². The summed E-state index contributed by atoms with van der Waals surface area (Å²) in [4.78, 5) is 8.03. The average molecular weight is 284 g/mol. The average Bonchev–Trinajstić information content (AvgIpc) is 2.96. The molecule has 0 fully saturated rings. The minimum absolute atomic E-state index is 0.0505. The second kappa shape index (κ2) is 5.09. The number of pyridine rings is 1. The van der Waals surface area contributed by atoms with Crippen LogP contribution in [-0.4, -0.2) is 15.1 Å². The van der Waals surface area contributed by atoms with Crippen LogP contribution in [0.1, 0.15) is 5.56 Å². The number of hydrogen-bond donors (Lipinski definition) is 0. The molecular formula is C14H6F2N4O. The van der Waals surface area contributed by atoms with E-state index in [9.17, 15) is 8.78 Å². The molecular weight excluding hydrogens is 278 g/mol. The normalized spacial score (nSPS) is 10.3. The molecule has 0 bridgehead atoms. The van der Waals surface area contributed by atoms with Gasteiger partial charge in [-0.1, -0.05) is 5.16 Å². The lowest BCUT2D eigenvalue weighted by Crippen LogP contribution is -1.87. The summed E-state index contributed by atoms with van der Waals surface area (Å²) in [7, 11) is 0. The minimum atomic E-state index is -0.729. The summed E-state index contributed by atoms with van der Waals surface area (Å²) in [6.07, 6.45) is 1.36. The lowest BCUT2D eigenvalue weighted by atomic mass is 10.2. The van der Waals surface area contributed by atoms with E-state index in [0.717, 1.165) is 18.2 Å². The Morgan fingerprint density at radius 3 is 2.48 bits per heavy atom. The van der Waals surface area contributed by atoms with Gasteiger partial charge in [-0.15, -0.1) is 0 Å². The summed E-state index contributed by atoms with van der Waals surface area (Å²) in [5.74, 6) is -1.31. The molecule has 3 rings (SSSR count). The summed E-state index contributed by atoms with van der Waals surface area (Å²) in [6.45, 7) is 0. The van der Waals surface area contributed by atoms with E-state index in [1.165, 1.54) is 6.20 Å². The molecule has 21 heavy (non-hydrogen) atoms. The van der Waals surface area contributed by atoms with Crippen molar-refractivity contribution in [2.75, 3.05) is 0 Å². The van der Waals surface area contributed by atoms with Gasteiger partial charge in [0.05, 0.1) is 5.56 Å². The maximum Gasteiger partial charge on any atom is 0.276 e. The maximum atomic E-state index is 13.2. The van der Waals surface area contributed by atoms with E-state index in [-0.39, 0.29) is 17.3 Å². The van der Waals surface area contributed by atoms with Gasteiger partial charge in [-0.3, -0.25) is 0 Å². The molecule has 0 radical (unpaired) electrons. The SMILES string of the molecule is N#Cc1ccc(-c2nc(-c3cc(F)cc(F)c3)no2)nc1. The number of nitrogens with zero attached hydrogens (tertiary/aromatic N) is 4. The monoisotopic (exact) mass is 284 g/mol. The third-order valence-corrected chi connectivity index (χ3v) is 2.66. The van der Waals surface area contributed by atoms with Gasteiger partial charge in [0.25, 0.3) is 5.89 Å². The van der Waals surface area contributed by atoms with Crippen molar-refractivity contribution in [3.05, 3.63) is 53.7 Å². The fourth-order valence-electron chi connectivity index (χ4n) is 1.71. The first-order valence-electron chi connectivity index (χ1n) is 5.82. The van der Waals surface area contributed by atoms with Crippen LogP contribution in [0.2, 0.25) is 0 Å². The molecule has 5 nitrogen and oxygen atoms in total. The molecule has 0 saturated carbocycles. The van der Waals surface area contributed by atoms with Crippen molar-refractivity contribution in [3.8, 4) is 29.0 Å². The molecule has 0 saturated heterocycles. The number of benzene rings is 1. The summed E-state index contributed by atoms with van der Waals surface area (Å²) in [5, 5.41) is 12.4. The van der Waals surface area contributed by atoms with Crippen LogP contribution in [0.4, 0.5) is 8.78 Å². The van der Waals surface area contributed by atoms with Crippen LogP contribution in [0.5, 0.6) is 0 Å². The molecule has 1 aromatic carbocycles. The second-order valence-corrected chi connectivity index (χ2v) is 4.13. The first-order valence-corrected chi connectivity index (χ1v) is 5.82. The van der Waals surface area contributed by atoms with Crippen LogP contribution in [0.3, 0.4) is 0 Å². The van der Waals surface area contributed by atoms with Gasteiger partial charge in [0.2, 0.25) is 5.82 Å². The number of nitriles is 1. The zero-order chi connectivity index (χ0) is 14.8. The smallest absolute Gasteiger partial charge is 0.276 e. The molecule has 0 N–H and O–H groups in total. The van der Waals surface area contributed by atoms with Crippen molar-refractivity contribution >= 4 is 0 Å². The van der Waals surface area contributed by atoms with E-state index >= 15 is 0 Å². The van der Waals surface area contributed by atoms with E-state index in [4.69, 9.17) is 9.78 Å². The van der Waals surface area contributed by atoms with E-state index in [1.54, 1.807) is 12.1 Å². The van der Waals surface area contributed by atoms with Crippen molar-refractivity contribution < 1.29 is 13.3 Å². The van der Waals surface area contributed by atoms with Gasteiger partial charge in [0.15, 0.2) is 0 Å². The molecule has 2 aromatic heterocycles. The van der Waals surface area contributed by atoms with Crippen molar-refractivity contribution in [1.29, 1.82) is 5.26 Å². The van der Waals surface area contributed by atoms with E-state index in [0.29, 0.717) is 11.3 Å². The van der Waals surface area contributed by atoms with Crippen molar-refractivity contribution in [3.63, 3.8) is 0 Å². The molecule has 2 heterocycles. The van der Waals surface area contributed by atoms with Gasteiger partial charge < -0.3 is 4.52 Å². The summed E-state index contributed by atoms with van der Waals surface area (Å²) < 4.78 is 31.3. The van der Waals surface area contributed by atoms with Crippen LogP contribution >= 0.6 is 0 Å². The number of hydrogen-bond acceptors (Lipinski definition) is 5. The highest BCUT2D eigenvalue weighted by Gasteiger charge is 2.13. The van der Waals surface area contributed by atoms with Crippen LogP contribution in [0, 0.1) is 23.0 Å². The molecule has 0 aliphatic heterocycles. The number of halogens is 2. The zero-order valence-electron chi connectivity index (χ0n) is 10.4. The lowest BCUT2D eigenvalue weighted by molar-refractivity contribution is 0.431. The molecule has 0 amide bonds. The predicted octanol–water partition coefficient (Wildman–Crippen LogP) is 2.95. The Balaban J connectivity index is 1.97. The quantitative estimate of drug-likeness (QED) is 0.723. The zero-order valence-corrected chi connectivity index (χ0v) is 10.4. The molecule has 102 valence electrons. The Hall–Kier alpha value is -3.14. The summed E-state index contributed by atoms with van der Waals surface area (Å²) in [6, 6.07) is 7.99. The highest BCUT2D eigenvalue weighted by molar-refractivity contribution is 5.58. The van der Waals surface area contributed by atoms with Gasteiger partial charge in [0.1, 0.15) is 23.4 Å². The minimum Gasteiger partial charge on any atom is -0.332 e. The summed E-state index contributed by atoms with van der Waals surface area (Å²) >= 11 is 0. The van der Waals surface area contributed by atoms with Crippen LogP contribution in [0.15, 0.2) is 41.1 Å².